The van der Waals surface area contributed by atoms with E-state index in [1.807, 2.05) is 23.1 Å². The van der Waals surface area contributed by atoms with Crippen LogP contribution in [0.5, 0.6) is 5.75 Å². The molecular formula is C26H26N2O5. The third-order valence-electron chi connectivity index (χ3n) is 6.58. The van der Waals surface area contributed by atoms with Crippen molar-refractivity contribution in [1.82, 2.24) is 10.4 Å². The van der Waals surface area contributed by atoms with E-state index in [4.69, 9.17) is 14.7 Å². The van der Waals surface area contributed by atoms with Gasteiger partial charge in [0.2, 0.25) is 5.91 Å². The summed E-state index contributed by atoms with van der Waals surface area (Å²) in [5.41, 5.74) is 3.81. The molecule has 3 aromatic rings. The van der Waals surface area contributed by atoms with Crippen molar-refractivity contribution in [3.05, 3.63) is 77.4 Å². The number of carbonyl (C=O) groups is 2. The number of nitrogens with zero attached hydrogens (tertiary/aromatic N) is 1. The molecule has 1 unspecified atom stereocenters. The molecule has 7 heteroatoms. The van der Waals surface area contributed by atoms with Gasteiger partial charge in [0, 0.05) is 30.3 Å². The second-order valence-electron chi connectivity index (χ2n) is 8.51. The van der Waals surface area contributed by atoms with Crippen molar-refractivity contribution >= 4 is 22.6 Å². The second-order valence-corrected chi connectivity index (χ2v) is 8.51. The SMILES string of the molecule is O=C(NO)c1ccc2c(c1)OCC(c1cccc3ccccc13)N(C(=O)C1CCOCC1)C2. The van der Waals surface area contributed by atoms with Crippen LogP contribution in [0.2, 0.25) is 0 Å². The maximum absolute atomic E-state index is 13.8. The van der Waals surface area contributed by atoms with E-state index in [1.54, 1.807) is 23.7 Å². The van der Waals surface area contributed by atoms with Gasteiger partial charge in [0.1, 0.15) is 12.4 Å². The van der Waals surface area contributed by atoms with E-state index in [0.717, 1.165) is 21.9 Å². The van der Waals surface area contributed by atoms with Gasteiger partial charge in [0.15, 0.2) is 0 Å². The highest BCUT2D eigenvalue weighted by atomic mass is 16.5. The van der Waals surface area contributed by atoms with Gasteiger partial charge in [-0.25, -0.2) is 5.48 Å². The Morgan fingerprint density at radius 2 is 1.79 bits per heavy atom. The Kier molecular flexibility index (Phi) is 5.98. The fourth-order valence-corrected chi connectivity index (χ4v) is 4.79. The van der Waals surface area contributed by atoms with Crippen LogP contribution in [-0.4, -0.2) is 41.7 Å². The smallest absolute Gasteiger partial charge is 0.274 e. The lowest BCUT2D eigenvalue weighted by molar-refractivity contribution is -0.142. The van der Waals surface area contributed by atoms with E-state index < -0.39 is 5.91 Å². The molecule has 0 spiro atoms. The van der Waals surface area contributed by atoms with Gasteiger partial charge in [-0.2, -0.15) is 0 Å². The summed E-state index contributed by atoms with van der Waals surface area (Å²) in [5, 5.41) is 11.2. The van der Waals surface area contributed by atoms with Crippen LogP contribution in [0, 0.1) is 5.92 Å². The average Bonchev–Trinajstić information content (AvgIpc) is 3.07. The minimum absolute atomic E-state index is 0.0859. The molecule has 7 nitrogen and oxygen atoms in total. The van der Waals surface area contributed by atoms with E-state index in [-0.39, 0.29) is 24.5 Å². The van der Waals surface area contributed by atoms with Crippen LogP contribution >= 0.6 is 0 Å². The lowest BCUT2D eigenvalue weighted by Crippen LogP contribution is -2.41. The zero-order chi connectivity index (χ0) is 22.8. The molecule has 2 heterocycles. The third-order valence-corrected chi connectivity index (χ3v) is 6.58. The van der Waals surface area contributed by atoms with Crippen LogP contribution in [-0.2, 0) is 16.1 Å². The topological polar surface area (TPSA) is 88.1 Å². The van der Waals surface area contributed by atoms with Crippen molar-refractivity contribution in [2.75, 3.05) is 19.8 Å². The van der Waals surface area contributed by atoms with Gasteiger partial charge in [-0.3, -0.25) is 14.8 Å². The minimum Gasteiger partial charge on any atom is -0.491 e. The zero-order valence-corrected chi connectivity index (χ0v) is 18.2. The maximum atomic E-state index is 13.8. The number of hydrogen-bond donors (Lipinski definition) is 2. The Bertz CT molecular complexity index is 1180. The minimum atomic E-state index is -0.605. The lowest BCUT2D eigenvalue weighted by Gasteiger charge is -2.34. The molecule has 170 valence electrons. The fourth-order valence-electron chi connectivity index (χ4n) is 4.79. The largest absolute Gasteiger partial charge is 0.491 e. The molecule has 0 radical (unpaired) electrons. The highest BCUT2D eigenvalue weighted by Crippen LogP contribution is 2.37. The quantitative estimate of drug-likeness (QED) is 0.471. The monoisotopic (exact) mass is 446 g/mol. The van der Waals surface area contributed by atoms with E-state index in [2.05, 4.69) is 24.3 Å². The van der Waals surface area contributed by atoms with E-state index in [9.17, 15) is 9.59 Å². The molecule has 5 rings (SSSR count). The molecule has 33 heavy (non-hydrogen) atoms. The number of nitrogens with one attached hydrogen (secondary N) is 1. The van der Waals surface area contributed by atoms with Crippen molar-refractivity contribution in [2.24, 2.45) is 5.92 Å². The Morgan fingerprint density at radius 3 is 2.61 bits per heavy atom. The first-order valence-corrected chi connectivity index (χ1v) is 11.2. The first kappa shape index (κ1) is 21.4. The first-order valence-electron chi connectivity index (χ1n) is 11.2. The Labute approximate surface area is 191 Å². The van der Waals surface area contributed by atoms with E-state index in [1.165, 1.54) is 0 Å². The van der Waals surface area contributed by atoms with Crippen LogP contribution in [0.15, 0.2) is 60.7 Å². The maximum Gasteiger partial charge on any atom is 0.274 e. The normalized spacial score (nSPS) is 18.8. The van der Waals surface area contributed by atoms with Gasteiger partial charge in [0.05, 0.1) is 12.6 Å². The summed E-state index contributed by atoms with van der Waals surface area (Å²) in [5.74, 6) is -0.0444. The highest BCUT2D eigenvalue weighted by molar-refractivity contribution is 5.94. The van der Waals surface area contributed by atoms with Crippen molar-refractivity contribution in [3.8, 4) is 5.75 Å². The van der Waals surface area contributed by atoms with Gasteiger partial charge in [-0.1, -0.05) is 48.5 Å². The number of carbonyl (C=O) groups excluding carboxylic acids is 2. The molecule has 0 aromatic heterocycles. The Morgan fingerprint density at radius 1 is 1.00 bits per heavy atom. The Hall–Kier alpha value is -3.42. The summed E-state index contributed by atoms with van der Waals surface area (Å²) < 4.78 is 11.7. The summed E-state index contributed by atoms with van der Waals surface area (Å²) in [6, 6.07) is 19.0. The summed E-state index contributed by atoms with van der Waals surface area (Å²) in [7, 11) is 0. The number of hydroxylamine groups is 1. The Balaban J connectivity index is 1.57. The molecule has 1 atom stereocenters. The van der Waals surface area contributed by atoms with Crippen LogP contribution in [0.4, 0.5) is 0 Å². The number of fused-ring (bicyclic) bond motifs is 2. The second kappa shape index (κ2) is 9.21. The van der Waals surface area contributed by atoms with Gasteiger partial charge < -0.3 is 14.4 Å². The molecule has 0 aliphatic carbocycles. The van der Waals surface area contributed by atoms with Gasteiger partial charge in [0.25, 0.3) is 5.91 Å². The number of benzene rings is 3. The summed E-state index contributed by atoms with van der Waals surface area (Å²) in [4.78, 5) is 27.6. The van der Waals surface area contributed by atoms with Crippen molar-refractivity contribution in [2.45, 2.75) is 25.4 Å². The van der Waals surface area contributed by atoms with Crippen LogP contribution in [0.1, 0.15) is 40.4 Å². The van der Waals surface area contributed by atoms with E-state index >= 15 is 0 Å². The third kappa shape index (κ3) is 4.17. The lowest BCUT2D eigenvalue weighted by atomic mass is 9.94. The molecule has 1 saturated heterocycles. The molecule has 2 aliphatic rings. The van der Waals surface area contributed by atoms with Crippen molar-refractivity contribution < 1.29 is 24.3 Å². The van der Waals surface area contributed by atoms with Crippen LogP contribution in [0.3, 0.4) is 0 Å². The predicted molar refractivity (Wildman–Crippen MR) is 122 cm³/mol. The molecule has 0 saturated carbocycles. The predicted octanol–water partition coefficient (Wildman–Crippen LogP) is 3.85. The molecule has 3 aromatic carbocycles. The number of rotatable bonds is 3. The van der Waals surface area contributed by atoms with E-state index in [0.29, 0.717) is 43.9 Å². The highest BCUT2D eigenvalue weighted by Gasteiger charge is 2.35. The summed E-state index contributed by atoms with van der Waals surface area (Å²) >= 11 is 0. The van der Waals surface area contributed by atoms with Crippen molar-refractivity contribution in [3.63, 3.8) is 0 Å². The van der Waals surface area contributed by atoms with Gasteiger partial charge in [-0.15, -0.1) is 0 Å². The molecule has 2 amide bonds. The fraction of sp³-hybridized carbons (Fsp3) is 0.308. The van der Waals surface area contributed by atoms with Gasteiger partial charge >= 0.3 is 0 Å². The molecule has 0 bridgehead atoms. The number of hydrogen-bond acceptors (Lipinski definition) is 5. The summed E-state index contributed by atoms with van der Waals surface area (Å²) in [6.45, 7) is 1.83. The van der Waals surface area contributed by atoms with Crippen molar-refractivity contribution in [1.29, 1.82) is 0 Å². The molecule has 1 fully saturated rings. The van der Waals surface area contributed by atoms with Crippen LogP contribution < -0.4 is 10.2 Å². The van der Waals surface area contributed by atoms with Gasteiger partial charge in [-0.05, 0) is 41.3 Å². The molecular weight excluding hydrogens is 420 g/mol. The zero-order valence-electron chi connectivity index (χ0n) is 18.2. The molecule has 2 N–H and O–H groups in total. The standard InChI is InChI=1S/C26H26N2O5/c29-25(27-31)19-8-9-20-15-28(26(30)18-10-12-32-13-11-18)23(16-33-24(20)14-19)22-7-3-5-17-4-1-2-6-21(17)22/h1-9,14,18,23,31H,10-13,15-16H2,(H,27,29). The van der Waals surface area contributed by atoms with Crippen LogP contribution in [0.25, 0.3) is 10.8 Å². The summed E-state index contributed by atoms with van der Waals surface area (Å²) in [6.07, 6.45) is 1.42. The average molecular weight is 447 g/mol. The molecule has 2 aliphatic heterocycles. The first-order chi connectivity index (χ1) is 16.2. The number of amides is 2. The number of ether oxygens (including phenoxy) is 2.